The van der Waals surface area contributed by atoms with Crippen LogP contribution < -0.4 is 0 Å². The quantitative estimate of drug-likeness (QED) is 0.713. The van der Waals surface area contributed by atoms with Crippen molar-refractivity contribution < 1.29 is 0 Å². The Hall–Kier alpha value is -0.940. The van der Waals surface area contributed by atoms with Gasteiger partial charge >= 0.3 is 0 Å². The first kappa shape index (κ1) is 8.65. The number of hydrogen-bond donors (Lipinski definition) is 0. The molecule has 1 nitrogen and oxygen atoms in total. The van der Waals surface area contributed by atoms with Crippen molar-refractivity contribution in [2.24, 2.45) is 0 Å². The first-order valence-corrected chi connectivity index (χ1v) is 5.23. The van der Waals surface area contributed by atoms with Crippen molar-refractivity contribution in [2.45, 2.75) is 29.4 Å². The molecule has 0 aliphatic heterocycles. The molecule has 1 fully saturated rings. The lowest BCUT2D eigenvalue weighted by Gasteiger charge is -2.04. The van der Waals surface area contributed by atoms with Gasteiger partial charge in [0.05, 0.1) is 6.07 Å². The van der Waals surface area contributed by atoms with Crippen LogP contribution in [0.1, 0.15) is 18.4 Å². The maximum atomic E-state index is 8.90. The largest absolute Gasteiger partial charge is 0.197 e. The molecule has 0 aromatic heterocycles. The van der Waals surface area contributed by atoms with Crippen molar-refractivity contribution in [1.29, 1.82) is 5.26 Å². The van der Waals surface area contributed by atoms with Crippen LogP contribution in [-0.4, -0.2) is 4.75 Å². The summed E-state index contributed by atoms with van der Waals surface area (Å²) in [6.45, 7) is 2.08. The van der Waals surface area contributed by atoms with Crippen LogP contribution in [0.5, 0.6) is 0 Å². The highest BCUT2D eigenvalue weighted by atomic mass is 32.2. The van der Waals surface area contributed by atoms with E-state index >= 15 is 0 Å². The van der Waals surface area contributed by atoms with Crippen molar-refractivity contribution >= 4 is 11.8 Å². The van der Waals surface area contributed by atoms with Crippen LogP contribution in [0.4, 0.5) is 0 Å². The van der Waals surface area contributed by atoms with Crippen LogP contribution in [0.15, 0.2) is 29.2 Å². The average Bonchev–Trinajstić information content (AvgIpc) is 2.90. The minimum absolute atomic E-state index is 0.0880. The van der Waals surface area contributed by atoms with Gasteiger partial charge in [-0.15, -0.1) is 11.8 Å². The Bertz CT molecular complexity index is 343. The Balaban J connectivity index is 2.11. The Morgan fingerprint density at radius 3 is 2.38 bits per heavy atom. The number of benzene rings is 1. The van der Waals surface area contributed by atoms with E-state index in [4.69, 9.17) is 5.26 Å². The Labute approximate surface area is 82.8 Å². The summed E-state index contributed by atoms with van der Waals surface area (Å²) in [5, 5.41) is 8.90. The summed E-state index contributed by atoms with van der Waals surface area (Å²) in [7, 11) is 0. The molecule has 1 aliphatic rings. The molecular formula is C11H11NS. The first-order valence-electron chi connectivity index (χ1n) is 4.41. The predicted octanol–water partition coefficient (Wildman–Crippen LogP) is 3.14. The zero-order chi connectivity index (χ0) is 9.31. The molecule has 1 aromatic rings. The lowest BCUT2D eigenvalue weighted by molar-refractivity contribution is 1.19. The summed E-state index contributed by atoms with van der Waals surface area (Å²) in [5.41, 5.74) is 1.27. The smallest absolute Gasteiger partial charge is 0.107 e. The Kier molecular flexibility index (Phi) is 2.05. The standard InChI is InChI=1S/C11H11NS/c1-9-2-4-10(5-3-9)13-11(8-12)6-7-11/h2-5H,6-7H2,1H3. The number of thioether (sulfide) groups is 1. The summed E-state index contributed by atoms with van der Waals surface area (Å²) >= 11 is 1.70. The normalized spacial score (nSPS) is 17.8. The molecule has 0 heterocycles. The number of rotatable bonds is 2. The van der Waals surface area contributed by atoms with Gasteiger partial charge < -0.3 is 0 Å². The maximum Gasteiger partial charge on any atom is 0.107 e. The molecule has 0 N–H and O–H groups in total. The van der Waals surface area contributed by atoms with Gasteiger partial charge in [-0.05, 0) is 31.9 Å². The van der Waals surface area contributed by atoms with Crippen molar-refractivity contribution in [2.75, 3.05) is 0 Å². The van der Waals surface area contributed by atoms with Crippen LogP contribution in [0.25, 0.3) is 0 Å². The second-order valence-electron chi connectivity index (χ2n) is 3.52. The summed E-state index contributed by atoms with van der Waals surface area (Å²) in [5.74, 6) is 0. The van der Waals surface area contributed by atoms with Crippen molar-refractivity contribution in [3.05, 3.63) is 29.8 Å². The number of nitrogens with zero attached hydrogens (tertiary/aromatic N) is 1. The van der Waals surface area contributed by atoms with Crippen LogP contribution >= 0.6 is 11.8 Å². The fourth-order valence-electron chi connectivity index (χ4n) is 1.18. The van der Waals surface area contributed by atoms with Gasteiger partial charge in [0.2, 0.25) is 0 Å². The Morgan fingerprint density at radius 2 is 1.92 bits per heavy atom. The SMILES string of the molecule is Cc1ccc(SC2(C#N)CC2)cc1. The summed E-state index contributed by atoms with van der Waals surface area (Å²) in [4.78, 5) is 1.21. The van der Waals surface area contributed by atoms with E-state index in [2.05, 4.69) is 37.3 Å². The number of aryl methyl sites for hydroxylation is 1. The highest BCUT2D eigenvalue weighted by Gasteiger charge is 2.44. The fourth-order valence-corrected chi connectivity index (χ4v) is 2.26. The van der Waals surface area contributed by atoms with Gasteiger partial charge in [0.1, 0.15) is 4.75 Å². The number of nitriles is 1. The maximum absolute atomic E-state index is 8.90. The fraction of sp³-hybridized carbons (Fsp3) is 0.364. The summed E-state index contributed by atoms with van der Waals surface area (Å²) in [6.07, 6.45) is 2.09. The van der Waals surface area contributed by atoms with Gasteiger partial charge in [-0.2, -0.15) is 5.26 Å². The minimum Gasteiger partial charge on any atom is -0.197 e. The van der Waals surface area contributed by atoms with Crippen molar-refractivity contribution in [3.63, 3.8) is 0 Å². The summed E-state index contributed by atoms with van der Waals surface area (Å²) < 4.78 is -0.0880. The van der Waals surface area contributed by atoms with E-state index in [9.17, 15) is 0 Å². The molecule has 0 saturated heterocycles. The molecule has 1 aliphatic carbocycles. The van der Waals surface area contributed by atoms with Gasteiger partial charge in [0.15, 0.2) is 0 Å². The molecule has 2 heteroatoms. The van der Waals surface area contributed by atoms with Gasteiger partial charge in [0, 0.05) is 4.90 Å². The van der Waals surface area contributed by atoms with Gasteiger partial charge in [-0.3, -0.25) is 0 Å². The molecule has 0 bridgehead atoms. The first-order chi connectivity index (χ1) is 6.24. The average molecular weight is 189 g/mol. The van der Waals surface area contributed by atoms with E-state index in [0.29, 0.717) is 0 Å². The van der Waals surface area contributed by atoms with Crippen LogP contribution in [-0.2, 0) is 0 Å². The molecule has 2 rings (SSSR count). The molecule has 0 amide bonds. The lowest BCUT2D eigenvalue weighted by atomic mass is 10.2. The highest BCUT2D eigenvalue weighted by Crippen LogP contribution is 2.51. The molecular weight excluding hydrogens is 178 g/mol. The predicted molar refractivity (Wildman–Crippen MR) is 54.6 cm³/mol. The number of hydrogen-bond acceptors (Lipinski definition) is 2. The van der Waals surface area contributed by atoms with E-state index in [1.165, 1.54) is 10.5 Å². The van der Waals surface area contributed by atoms with Gasteiger partial charge in [-0.25, -0.2) is 0 Å². The van der Waals surface area contributed by atoms with E-state index in [1.54, 1.807) is 11.8 Å². The van der Waals surface area contributed by atoms with E-state index < -0.39 is 0 Å². The molecule has 1 aromatic carbocycles. The minimum atomic E-state index is -0.0880. The highest BCUT2D eigenvalue weighted by molar-refractivity contribution is 8.01. The van der Waals surface area contributed by atoms with Gasteiger partial charge in [0.25, 0.3) is 0 Å². The molecule has 13 heavy (non-hydrogen) atoms. The van der Waals surface area contributed by atoms with E-state index in [0.717, 1.165) is 12.8 Å². The second kappa shape index (κ2) is 3.08. The van der Waals surface area contributed by atoms with E-state index in [-0.39, 0.29) is 4.75 Å². The van der Waals surface area contributed by atoms with Crippen LogP contribution in [0.2, 0.25) is 0 Å². The topological polar surface area (TPSA) is 23.8 Å². The monoisotopic (exact) mass is 189 g/mol. The zero-order valence-electron chi connectivity index (χ0n) is 7.58. The summed E-state index contributed by atoms with van der Waals surface area (Å²) in [6, 6.07) is 10.8. The van der Waals surface area contributed by atoms with Crippen molar-refractivity contribution in [3.8, 4) is 6.07 Å². The third kappa shape index (κ3) is 1.87. The molecule has 0 radical (unpaired) electrons. The van der Waals surface area contributed by atoms with Crippen LogP contribution in [0.3, 0.4) is 0 Å². The third-order valence-electron chi connectivity index (χ3n) is 2.24. The van der Waals surface area contributed by atoms with Crippen LogP contribution in [0, 0.1) is 18.3 Å². The molecule has 66 valence electrons. The lowest BCUT2D eigenvalue weighted by Crippen LogP contribution is -1.95. The molecule has 1 saturated carbocycles. The second-order valence-corrected chi connectivity index (χ2v) is 4.98. The molecule has 0 spiro atoms. The van der Waals surface area contributed by atoms with Gasteiger partial charge in [-0.1, -0.05) is 17.7 Å². The Morgan fingerprint density at radius 1 is 1.31 bits per heavy atom. The van der Waals surface area contributed by atoms with Crippen molar-refractivity contribution in [1.82, 2.24) is 0 Å². The zero-order valence-corrected chi connectivity index (χ0v) is 8.40. The van der Waals surface area contributed by atoms with E-state index in [1.807, 2.05) is 0 Å². The molecule has 0 unspecified atom stereocenters. The third-order valence-corrected chi connectivity index (χ3v) is 3.64. The molecule has 0 atom stereocenters.